The predicted octanol–water partition coefficient (Wildman–Crippen LogP) is 6.48. The van der Waals surface area contributed by atoms with Gasteiger partial charge in [-0.3, -0.25) is 0 Å². The van der Waals surface area contributed by atoms with Crippen molar-refractivity contribution in [1.82, 2.24) is 0 Å². The molecule has 0 aromatic carbocycles. The molecular formula is C19H40OSn. The SMILES string of the molecule is CCCC/C=C/[CH](O)[Sn]([CH2]CCC)([CH2]CCC)[CH2]CCC. The van der Waals surface area contributed by atoms with Gasteiger partial charge < -0.3 is 0 Å². The average Bonchev–Trinajstić information content (AvgIpc) is 2.51. The Bertz CT molecular complexity index is 228. The van der Waals surface area contributed by atoms with Crippen LogP contribution in [0.1, 0.15) is 85.5 Å². The van der Waals surface area contributed by atoms with Crippen molar-refractivity contribution in [2.24, 2.45) is 0 Å². The quantitative estimate of drug-likeness (QED) is 0.200. The normalized spacial score (nSPS) is 14.0. The van der Waals surface area contributed by atoms with Crippen LogP contribution in [0, 0.1) is 0 Å². The first kappa shape index (κ1) is 21.5. The molecule has 0 heterocycles. The van der Waals surface area contributed by atoms with Crippen molar-refractivity contribution in [2.45, 2.75) is 103 Å². The van der Waals surface area contributed by atoms with Crippen molar-refractivity contribution in [3.63, 3.8) is 0 Å². The fraction of sp³-hybridized carbons (Fsp3) is 0.895. The molecule has 0 aliphatic carbocycles. The van der Waals surface area contributed by atoms with Crippen LogP contribution >= 0.6 is 0 Å². The van der Waals surface area contributed by atoms with E-state index in [0.29, 0.717) is 0 Å². The molecule has 1 N–H and O–H groups in total. The average molecular weight is 403 g/mol. The molecule has 1 atom stereocenters. The van der Waals surface area contributed by atoms with Crippen molar-refractivity contribution in [3.05, 3.63) is 12.2 Å². The minimum atomic E-state index is -2.41. The molecule has 0 fully saturated rings. The summed E-state index contributed by atoms with van der Waals surface area (Å²) in [5.74, 6) is 0. The second kappa shape index (κ2) is 14.1. The number of unbranched alkanes of at least 4 members (excludes halogenated alkanes) is 5. The molecule has 0 saturated heterocycles. The predicted molar refractivity (Wildman–Crippen MR) is 99.6 cm³/mol. The first-order valence-electron chi connectivity index (χ1n) is 9.51. The van der Waals surface area contributed by atoms with Crippen LogP contribution in [0.15, 0.2) is 12.2 Å². The van der Waals surface area contributed by atoms with Gasteiger partial charge in [-0.1, -0.05) is 0 Å². The molecule has 0 amide bonds. The van der Waals surface area contributed by atoms with Gasteiger partial charge in [-0.15, -0.1) is 0 Å². The maximum atomic E-state index is 10.9. The summed E-state index contributed by atoms with van der Waals surface area (Å²) in [5, 5.41) is 10.9. The monoisotopic (exact) mass is 404 g/mol. The van der Waals surface area contributed by atoms with Gasteiger partial charge in [0.2, 0.25) is 0 Å². The third kappa shape index (κ3) is 9.28. The van der Waals surface area contributed by atoms with Crippen molar-refractivity contribution >= 4 is 18.4 Å². The number of rotatable bonds is 14. The van der Waals surface area contributed by atoms with Crippen LogP contribution in [0.4, 0.5) is 0 Å². The summed E-state index contributed by atoms with van der Waals surface area (Å²) in [6, 6.07) is 0. The van der Waals surface area contributed by atoms with Crippen LogP contribution in [0.2, 0.25) is 13.3 Å². The molecule has 126 valence electrons. The molecule has 0 aliphatic heterocycles. The van der Waals surface area contributed by atoms with Crippen LogP contribution in [-0.2, 0) is 0 Å². The topological polar surface area (TPSA) is 20.2 Å². The van der Waals surface area contributed by atoms with E-state index >= 15 is 0 Å². The van der Waals surface area contributed by atoms with Crippen LogP contribution in [-0.4, -0.2) is 27.6 Å². The first-order valence-corrected chi connectivity index (χ1v) is 17.2. The van der Waals surface area contributed by atoms with E-state index in [1.54, 1.807) is 0 Å². The molecule has 0 radical (unpaired) electrons. The van der Waals surface area contributed by atoms with Crippen LogP contribution in [0.25, 0.3) is 0 Å². The second-order valence-corrected chi connectivity index (χ2v) is 20.4. The van der Waals surface area contributed by atoms with Gasteiger partial charge in [-0.25, -0.2) is 0 Å². The standard InChI is InChI=1S/C7H13O.3C4H9.Sn/c1-2-3-4-5-6-7-8;3*1-3-4-2;/h5-8H,2-4H2,1H3;3*1,3-4H2,2H3;/b6-5+;;;;. The zero-order valence-electron chi connectivity index (χ0n) is 15.2. The summed E-state index contributed by atoms with van der Waals surface area (Å²) in [6.45, 7) is 9.11. The summed E-state index contributed by atoms with van der Waals surface area (Å²) in [7, 11) is 0. The van der Waals surface area contributed by atoms with Crippen molar-refractivity contribution in [3.8, 4) is 0 Å². The van der Waals surface area contributed by atoms with Crippen molar-refractivity contribution < 1.29 is 5.11 Å². The zero-order chi connectivity index (χ0) is 16.0. The molecule has 21 heavy (non-hydrogen) atoms. The van der Waals surface area contributed by atoms with Gasteiger partial charge in [0.1, 0.15) is 0 Å². The van der Waals surface area contributed by atoms with E-state index in [-0.39, 0.29) is 4.12 Å². The van der Waals surface area contributed by atoms with Crippen LogP contribution < -0.4 is 0 Å². The fourth-order valence-corrected chi connectivity index (χ4v) is 18.4. The molecule has 0 bridgehead atoms. The van der Waals surface area contributed by atoms with E-state index in [1.807, 2.05) is 0 Å². The Morgan fingerprint density at radius 2 is 1.19 bits per heavy atom. The van der Waals surface area contributed by atoms with Gasteiger partial charge in [0.05, 0.1) is 0 Å². The molecule has 0 rings (SSSR count). The van der Waals surface area contributed by atoms with Gasteiger partial charge in [0.25, 0.3) is 0 Å². The van der Waals surface area contributed by atoms with Crippen LogP contribution in [0.5, 0.6) is 0 Å². The van der Waals surface area contributed by atoms with Gasteiger partial charge in [-0.2, -0.15) is 0 Å². The van der Waals surface area contributed by atoms with Crippen LogP contribution in [0.3, 0.4) is 0 Å². The molecule has 0 aliphatic rings. The summed E-state index contributed by atoms with van der Waals surface area (Å²) in [5.41, 5.74) is 0. The third-order valence-electron chi connectivity index (χ3n) is 4.75. The molecular weight excluding hydrogens is 363 g/mol. The third-order valence-corrected chi connectivity index (χ3v) is 20.4. The van der Waals surface area contributed by atoms with E-state index in [4.69, 9.17) is 0 Å². The molecule has 1 unspecified atom stereocenters. The number of hydrogen-bond donors (Lipinski definition) is 1. The maximum absolute atomic E-state index is 10.9. The number of aliphatic hydroxyl groups excluding tert-OH is 1. The van der Waals surface area contributed by atoms with E-state index < -0.39 is 18.4 Å². The summed E-state index contributed by atoms with van der Waals surface area (Å²) >= 11 is -2.41. The Hall–Kier alpha value is 0.499. The van der Waals surface area contributed by atoms with Gasteiger partial charge in [-0.05, 0) is 0 Å². The summed E-state index contributed by atoms with van der Waals surface area (Å²) in [4.78, 5) is 0. The van der Waals surface area contributed by atoms with E-state index in [2.05, 4.69) is 39.8 Å². The fourth-order valence-electron chi connectivity index (χ4n) is 3.16. The molecule has 0 aromatic rings. The van der Waals surface area contributed by atoms with E-state index in [1.165, 1.54) is 64.7 Å². The van der Waals surface area contributed by atoms with Gasteiger partial charge in [0, 0.05) is 0 Å². The molecule has 0 saturated carbocycles. The van der Waals surface area contributed by atoms with Gasteiger partial charge in [0.15, 0.2) is 0 Å². The van der Waals surface area contributed by atoms with Crippen molar-refractivity contribution in [2.75, 3.05) is 0 Å². The minimum absolute atomic E-state index is 0.0409. The molecule has 0 aromatic heterocycles. The Balaban J connectivity index is 4.85. The zero-order valence-corrected chi connectivity index (χ0v) is 18.0. The Labute approximate surface area is 138 Å². The number of aliphatic hydroxyl groups is 1. The second-order valence-electron chi connectivity index (χ2n) is 6.69. The summed E-state index contributed by atoms with van der Waals surface area (Å²) < 4.78 is 4.14. The number of allylic oxidation sites excluding steroid dienone is 1. The molecule has 1 nitrogen and oxygen atoms in total. The molecule has 0 spiro atoms. The van der Waals surface area contributed by atoms with Crippen molar-refractivity contribution in [1.29, 1.82) is 0 Å². The first-order chi connectivity index (χ1) is 10.2. The number of hydrogen-bond acceptors (Lipinski definition) is 1. The Morgan fingerprint density at radius 1 is 0.762 bits per heavy atom. The summed E-state index contributed by atoms with van der Waals surface area (Å²) in [6.07, 6.45) is 16.0. The van der Waals surface area contributed by atoms with E-state index in [0.717, 1.165) is 6.42 Å². The Morgan fingerprint density at radius 3 is 1.57 bits per heavy atom. The van der Waals surface area contributed by atoms with Gasteiger partial charge >= 0.3 is 139 Å². The Kier molecular flexibility index (Phi) is 14.4. The molecule has 2 heteroatoms. The van der Waals surface area contributed by atoms with E-state index in [9.17, 15) is 5.11 Å².